The number of hydrogen-bond donors (Lipinski definition) is 1. The zero-order valence-corrected chi connectivity index (χ0v) is 21.8. The van der Waals surface area contributed by atoms with Gasteiger partial charge in [0.25, 0.3) is 0 Å². The van der Waals surface area contributed by atoms with Crippen LogP contribution < -0.4 is 10.1 Å². The molecule has 5 nitrogen and oxygen atoms in total. The van der Waals surface area contributed by atoms with Crippen LogP contribution in [0.25, 0.3) is 11.1 Å². The van der Waals surface area contributed by atoms with Crippen LogP contribution in [0.15, 0.2) is 78.9 Å². The molecule has 1 atom stereocenters. The fourth-order valence-corrected chi connectivity index (χ4v) is 5.11. The Morgan fingerprint density at radius 1 is 0.972 bits per heavy atom. The average molecular weight is 486 g/mol. The lowest BCUT2D eigenvalue weighted by molar-refractivity contribution is 0.0989. The van der Waals surface area contributed by atoms with E-state index in [-0.39, 0.29) is 12.1 Å². The Balaban J connectivity index is 1.44. The normalized spacial score (nSPS) is 15.3. The van der Waals surface area contributed by atoms with E-state index in [2.05, 4.69) is 36.2 Å². The zero-order chi connectivity index (χ0) is 25.3. The number of amides is 2. The lowest BCUT2D eigenvalue weighted by atomic mass is 10.00. The fourth-order valence-electron chi connectivity index (χ4n) is 5.11. The van der Waals surface area contributed by atoms with Crippen molar-refractivity contribution in [2.24, 2.45) is 0 Å². The van der Waals surface area contributed by atoms with Crippen LogP contribution in [0.1, 0.15) is 45.1 Å². The quantitative estimate of drug-likeness (QED) is 0.353. The summed E-state index contributed by atoms with van der Waals surface area (Å²) in [7, 11) is 1.67. The van der Waals surface area contributed by atoms with Gasteiger partial charge in [0.15, 0.2) is 0 Å². The number of anilines is 1. The molecule has 0 spiro atoms. The molecule has 1 unspecified atom stereocenters. The molecule has 5 heteroatoms. The van der Waals surface area contributed by atoms with E-state index in [4.69, 9.17) is 4.74 Å². The lowest BCUT2D eigenvalue weighted by Gasteiger charge is -2.40. The van der Waals surface area contributed by atoms with Crippen molar-refractivity contribution in [1.82, 2.24) is 9.80 Å². The van der Waals surface area contributed by atoms with E-state index < -0.39 is 0 Å². The van der Waals surface area contributed by atoms with E-state index in [1.165, 1.54) is 12.8 Å². The maximum absolute atomic E-state index is 13.5. The van der Waals surface area contributed by atoms with Gasteiger partial charge in [-0.05, 0) is 67.1 Å². The first-order valence-electron chi connectivity index (χ1n) is 13.2. The predicted molar refractivity (Wildman–Crippen MR) is 148 cm³/mol. The Hall–Kier alpha value is -3.31. The maximum atomic E-state index is 13.5. The summed E-state index contributed by atoms with van der Waals surface area (Å²) < 4.78 is 5.26. The molecule has 1 saturated heterocycles. The highest BCUT2D eigenvalue weighted by Gasteiger charge is 2.29. The van der Waals surface area contributed by atoms with Crippen molar-refractivity contribution in [1.29, 1.82) is 0 Å². The summed E-state index contributed by atoms with van der Waals surface area (Å²) in [4.78, 5) is 18.2. The van der Waals surface area contributed by atoms with E-state index in [0.717, 1.165) is 54.1 Å². The molecule has 0 bridgehead atoms. The van der Waals surface area contributed by atoms with Gasteiger partial charge in [-0.25, -0.2) is 4.79 Å². The molecule has 3 aromatic carbocycles. The van der Waals surface area contributed by atoms with Crippen molar-refractivity contribution in [3.8, 4) is 16.9 Å². The first-order chi connectivity index (χ1) is 17.6. The van der Waals surface area contributed by atoms with Crippen LogP contribution in [0.2, 0.25) is 0 Å². The van der Waals surface area contributed by atoms with Gasteiger partial charge in [0, 0.05) is 37.4 Å². The Morgan fingerprint density at radius 3 is 2.17 bits per heavy atom. The van der Waals surface area contributed by atoms with Gasteiger partial charge in [-0.15, -0.1) is 0 Å². The summed E-state index contributed by atoms with van der Waals surface area (Å²) in [6.45, 7) is 7.28. The third-order valence-electron chi connectivity index (χ3n) is 7.29. The molecule has 1 fully saturated rings. The van der Waals surface area contributed by atoms with Crippen molar-refractivity contribution in [2.45, 2.75) is 58.2 Å². The number of carbonyl (C=O) groups excluding carboxylic acids is 1. The highest BCUT2D eigenvalue weighted by Crippen LogP contribution is 2.26. The van der Waals surface area contributed by atoms with Gasteiger partial charge in [-0.3, -0.25) is 0 Å². The van der Waals surface area contributed by atoms with Gasteiger partial charge in [0.05, 0.1) is 7.11 Å². The standard InChI is InChI=1S/C31H39N3O2/c1-4-8-24(2)33-21-19-29(20-22-33)34(23-25-9-6-5-7-10-25)31(35)32-28-15-11-26(12-16-28)27-13-17-30(36-3)18-14-27/h5-7,9-18,24,29H,4,8,19-23H2,1-3H3,(H,32,35). The molecule has 1 aliphatic rings. The number of rotatable bonds is 9. The minimum absolute atomic E-state index is 0.0314. The number of methoxy groups -OCH3 is 1. The van der Waals surface area contributed by atoms with Gasteiger partial charge in [0.1, 0.15) is 5.75 Å². The van der Waals surface area contributed by atoms with Gasteiger partial charge in [0.2, 0.25) is 0 Å². The van der Waals surface area contributed by atoms with Crippen molar-refractivity contribution < 1.29 is 9.53 Å². The van der Waals surface area contributed by atoms with Crippen molar-refractivity contribution in [3.63, 3.8) is 0 Å². The summed E-state index contributed by atoms with van der Waals surface area (Å²) in [6, 6.07) is 27.2. The summed E-state index contributed by atoms with van der Waals surface area (Å²) in [5, 5.41) is 3.16. The fraction of sp³-hybridized carbons (Fsp3) is 0.387. The van der Waals surface area contributed by atoms with Crippen LogP contribution in [-0.4, -0.2) is 48.1 Å². The van der Waals surface area contributed by atoms with E-state index in [1.807, 2.05) is 71.6 Å². The monoisotopic (exact) mass is 485 g/mol. The third-order valence-corrected chi connectivity index (χ3v) is 7.29. The molecule has 1 aliphatic heterocycles. The third kappa shape index (κ3) is 6.67. The van der Waals surface area contributed by atoms with Crippen LogP contribution in [0.3, 0.4) is 0 Å². The second-order valence-electron chi connectivity index (χ2n) is 9.75. The van der Waals surface area contributed by atoms with Crippen LogP contribution in [0, 0.1) is 0 Å². The SMILES string of the molecule is CCCC(C)N1CCC(N(Cc2ccccc2)C(=O)Nc2ccc(-c3ccc(OC)cc3)cc2)CC1. The van der Waals surface area contributed by atoms with Crippen LogP contribution in [-0.2, 0) is 6.54 Å². The number of hydrogen-bond acceptors (Lipinski definition) is 3. The molecule has 4 rings (SSSR count). The number of carbonyl (C=O) groups is 1. The molecule has 1 N–H and O–H groups in total. The Labute approximate surface area is 216 Å². The van der Waals surface area contributed by atoms with E-state index >= 15 is 0 Å². The molecule has 0 aromatic heterocycles. The molecule has 1 heterocycles. The molecule has 36 heavy (non-hydrogen) atoms. The number of piperidine rings is 1. The first-order valence-corrected chi connectivity index (χ1v) is 13.2. The number of ether oxygens (including phenoxy) is 1. The molecule has 2 amide bonds. The maximum Gasteiger partial charge on any atom is 0.322 e. The Bertz CT molecular complexity index is 1080. The van der Waals surface area contributed by atoms with Crippen LogP contribution in [0.5, 0.6) is 5.75 Å². The van der Waals surface area contributed by atoms with E-state index in [0.29, 0.717) is 12.6 Å². The van der Waals surface area contributed by atoms with E-state index in [9.17, 15) is 4.79 Å². The second kappa shape index (κ2) is 12.6. The summed E-state index contributed by atoms with van der Waals surface area (Å²) in [6.07, 6.45) is 4.45. The summed E-state index contributed by atoms with van der Waals surface area (Å²) in [5.41, 5.74) is 4.18. The number of benzene rings is 3. The zero-order valence-electron chi connectivity index (χ0n) is 21.8. The van der Waals surface area contributed by atoms with Crippen LogP contribution in [0.4, 0.5) is 10.5 Å². The van der Waals surface area contributed by atoms with Gasteiger partial charge in [-0.2, -0.15) is 0 Å². The minimum atomic E-state index is -0.0314. The highest BCUT2D eigenvalue weighted by molar-refractivity contribution is 5.90. The number of nitrogens with zero attached hydrogens (tertiary/aromatic N) is 2. The molecule has 0 radical (unpaired) electrons. The molecular formula is C31H39N3O2. The summed E-state index contributed by atoms with van der Waals surface area (Å²) >= 11 is 0. The molecule has 0 saturated carbocycles. The molecular weight excluding hydrogens is 446 g/mol. The van der Waals surface area contributed by atoms with Gasteiger partial charge >= 0.3 is 6.03 Å². The van der Waals surface area contributed by atoms with Crippen molar-refractivity contribution in [3.05, 3.63) is 84.4 Å². The molecule has 3 aromatic rings. The molecule has 190 valence electrons. The first kappa shape index (κ1) is 25.8. The second-order valence-corrected chi connectivity index (χ2v) is 9.75. The Morgan fingerprint density at radius 2 is 1.58 bits per heavy atom. The van der Waals surface area contributed by atoms with Crippen molar-refractivity contribution in [2.75, 3.05) is 25.5 Å². The number of likely N-dealkylation sites (tertiary alicyclic amines) is 1. The predicted octanol–water partition coefficient (Wildman–Crippen LogP) is 7.05. The van der Waals surface area contributed by atoms with Crippen molar-refractivity contribution >= 4 is 11.7 Å². The number of nitrogens with one attached hydrogen (secondary N) is 1. The number of urea groups is 1. The topological polar surface area (TPSA) is 44.8 Å². The summed E-state index contributed by atoms with van der Waals surface area (Å²) in [5.74, 6) is 0.840. The molecule has 0 aliphatic carbocycles. The highest BCUT2D eigenvalue weighted by atomic mass is 16.5. The van der Waals surface area contributed by atoms with Gasteiger partial charge in [-0.1, -0.05) is 67.9 Å². The van der Waals surface area contributed by atoms with Gasteiger partial charge < -0.3 is 19.9 Å². The van der Waals surface area contributed by atoms with E-state index in [1.54, 1.807) is 7.11 Å². The smallest absolute Gasteiger partial charge is 0.322 e. The average Bonchev–Trinajstić information content (AvgIpc) is 2.93. The minimum Gasteiger partial charge on any atom is -0.497 e. The van der Waals surface area contributed by atoms with Crippen LogP contribution >= 0.6 is 0 Å². The Kier molecular flexibility index (Phi) is 9.01. The largest absolute Gasteiger partial charge is 0.497 e. The lowest BCUT2D eigenvalue weighted by Crippen LogP contribution is -2.50.